The summed E-state index contributed by atoms with van der Waals surface area (Å²) in [7, 11) is 1.55. The van der Waals surface area contributed by atoms with Crippen LogP contribution in [0.5, 0.6) is 5.75 Å². The first kappa shape index (κ1) is 24.7. The first-order valence-corrected chi connectivity index (χ1v) is 11.3. The Morgan fingerprint density at radius 1 is 1.13 bits per heavy atom. The van der Waals surface area contributed by atoms with E-state index in [0.29, 0.717) is 49.6 Å². The number of hydrogen-bond acceptors (Lipinski definition) is 4. The van der Waals surface area contributed by atoms with Gasteiger partial charge in [0.05, 0.1) is 7.11 Å². The number of amides is 3. The zero-order chi connectivity index (χ0) is 23.0. The zero-order valence-corrected chi connectivity index (χ0v) is 19.4. The monoisotopic (exact) mass is 431 g/mol. The third-order valence-electron chi connectivity index (χ3n) is 5.85. The number of likely N-dealkylation sites (tertiary alicyclic amines) is 1. The fourth-order valence-corrected chi connectivity index (χ4v) is 3.78. The predicted molar refractivity (Wildman–Crippen MR) is 121 cm³/mol. The highest BCUT2D eigenvalue weighted by Gasteiger charge is 2.34. The smallest absolute Gasteiger partial charge is 0.252 e. The van der Waals surface area contributed by atoms with Gasteiger partial charge in [0.1, 0.15) is 11.8 Å². The number of rotatable bonds is 9. The second kappa shape index (κ2) is 11.7. The lowest BCUT2D eigenvalue weighted by Gasteiger charge is -2.36. The molecular formula is C24H37N3O4. The molecule has 1 aliphatic heterocycles. The first-order valence-electron chi connectivity index (χ1n) is 11.3. The SMILES string of the molecule is CC[C@H](C)NC(=O)[C@@H](NC(=O)c1cccc(OC)c1)C1CCN(C(=O)CC(C)C)CC1. The molecule has 7 nitrogen and oxygen atoms in total. The van der Waals surface area contributed by atoms with Crippen molar-refractivity contribution < 1.29 is 19.1 Å². The quantitative estimate of drug-likeness (QED) is 0.629. The molecule has 1 aromatic rings. The summed E-state index contributed by atoms with van der Waals surface area (Å²) >= 11 is 0. The number of methoxy groups -OCH3 is 1. The van der Waals surface area contributed by atoms with E-state index in [1.807, 2.05) is 32.6 Å². The molecule has 0 bridgehead atoms. The molecule has 1 heterocycles. The molecule has 0 unspecified atom stereocenters. The number of nitrogens with one attached hydrogen (secondary N) is 2. The van der Waals surface area contributed by atoms with Crippen LogP contribution in [0.3, 0.4) is 0 Å². The molecule has 2 atom stereocenters. The average Bonchev–Trinajstić information content (AvgIpc) is 2.76. The number of carbonyl (C=O) groups is 3. The Morgan fingerprint density at radius 3 is 2.39 bits per heavy atom. The van der Waals surface area contributed by atoms with Gasteiger partial charge in [-0.05, 0) is 56.2 Å². The van der Waals surface area contributed by atoms with E-state index >= 15 is 0 Å². The van der Waals surface area contributed by atoms with Crippen molar-refractivity contribution in [2.24, 2.45) is 11.8 Å². The van der Waals surface area contributed by atoms with Crippen molar-refractivity contribution in [3.8, 4) is 5.75 Å². The maximum atomic E-state index is 13.0. The molecule has 1 aliphatic rings. The van der Waals surface area contributed by atoms with Gasteiger partial charge in [-0.1, -0.05) is 26.8 Å². The maximum Gasteiger partial charge on any atom is 0.252 e. The van der Waals surface area contributed by atoms with Crippen LogP contribution in [-0.4, -0.2) is 54.9 Å². The molecule has 0 aromatic heterocycles. The molecule has 1 saturated heterocycles. The van der Waals surface area contributed by atoms with Crippen molar-refractivity contribution in [2.75, 3.05) is 20.2 Å². The van der Waals surface area contributed by atoms with Gasteiger partial charge in [-0.15, -0.1) is 0 Å². The molecule has 172 valence electrons. The van der Waals surface area contributed by atoms with E-state index in [2.05, 4.69) is 10.6 Å². The first-order chi connectivity index (χ1) is 14.7. The molecule has 0 radical (unpaired) electrons. The summed E-state index contributed by atoms with van der Waals surface area (Å²) < 4.78 is 5.21. The Kier molecular flexibility index (Phi) is 9.34. The average molecular weight is 432 g/mol. The van der Waals surface area contributed by atoms with Crippen LogP contribution < -0.4 is 15.4 Å². The zero-order valence-electron chi connectivity index (χ0n) is 19.4. The van der Waals surface area contributed by atoms with Crippen molar-refractivity contribution in [3.05, 3.63) is 29.8 Å². The van der Waals surface area contributed by atoms with Gasteiger partial charge in [0.2, 0.25) is 11.8 Å². The van der Waals surface area contributed by atoms with Crippen LogP contribution in [0.1, 0.15) is 63.7 Å². The van der Waals surface area contributed by atoms with Gasteiger partial charge >= 0.3 is 0 Å². The van der Waals surface area contributed by atoms with Crippen LogP contribution in [0, 0.1) is 11.8 Å². The number of nitrogens with zero attached hydrogens (tertiary/aromatic N) is 1. The second-order valence-corrected chi connectivity index (χ2v) is 8.82. The lowest BCUT2D eigenvalue weighted by molar-refractivity contribution is -0.133. The van der Waals surface area contributed by atoms with Crippen molar-refractivity contribution in [1.82, 2.24) is 15.5 Å². The van der Waals surface area contributed by atoms with E-state index in [-0.39, 0.29) is 29.7 Å². The molecule has 7 heteroatoms. The van der Waals surface area contributed by atoms with Crippen molar-refractivity contribution >= 4 is 17.7 Å². The fourth-order valence-electron chi connectivity index (χ4n) is 3.78. The summed E-state index contributed by atoms with van der Waals surface area (Å²) in [6.45, 7) is 9.25. The summed E-state index contributed by atoms with van der Waals surface area (Å²) in [5.41, 5.74) is 0.449. The van der Waals surface area contributed by atoms with Crippen molar-refractivity contribution in [3.63, 3.8) is 0 Å². The standard InChI is InChI=1S/C24H37N3O4/c1-6-17(4)25-24(30)22(26-23(29)19-8-7-9-20(15-19)31-5)18-10-12-27(13-11-18)21(28)14-16(2)3/h7-9,15-18,22H,6,10-14H2,1-5H3,(H,25,30)(H,26,29)/t17-,22-/m0/s1. The Labute approximate surface area is 185 Å². The molecule has 2 N–H and O–H groups in total. The summed E-state index contributed by atoms with van der Waals surface area (Å²) in [5, 5.41) is 5.96. The normalized spacial score (nSPS) is 16.5. The van der Waals surface area contributed by atoms with Gasteiger partial charge in [0.15, 0.2) is 0 Å². The summed E-state index contributed by atoms with van der Waals surface area (Å²) in [6, 6.07) is 6.27. The maximum absolute atomic E-state index is 13.0. The van der Waals surface area contributed by atoms with E-state index in [1.54, 1.807) is 31.4 Å². The summed E-state index contributed by atoms with van der Waals surface area (Å²) in [4.78, 5) is 40.2. The number of carbonyl (C=O) groups excluding carboxylic acids is 3. The van der Waals surface area contributed by atoms with Crippen LogP contribution >= 0.6 is 0 Å². The highest BCUT2D eigenvalue weighted by Crippen LogP contribution is 2.23. The number of hydrogen-bond donors (Lipinski definition) is 2. The summed E-state index contributed by atoms with van der Waals surface area (Å²) in [5.74, 6) is 0.571. The Morgan fingerprint density at radius 2 is 1.81 bits per heavy atom. The van der Waals surface area contributed by atoms with E-state index in [4.69, 9.17) is 4.74 Å². The number of piperidine rings is 1. The van der Waals surface area contributed by atoms with E-state index in [9.17, 15) is 14.4 Å². The van der Waals surface area contributed by atoms with E-state index < -0.39 is 6.04 Å². The van der Waals surface area contributed by atoms with Crippen LogP contribution in [0.15, 0.2) is 24.3 Å². The summed E-state index contributed by atoms with van der Waals surface area (Å²) in [6.07, 6.45) is 2.71. The third-order valence-corrected chi connectivity index (χ3v) is 5.85. The van der Waals surface area contributed by atoms with Gasteiger partial charge in [0, 0.05) is 31.1 Å². The van der Waals surface area contributed by atoms with Crippen LogP contribution in [0.25, 0.3) is 0 Å². The molecule has 2 rings (SSSR count). The molecule has 0 spiro atoms. The van der Waals surface area contributed by atoms with E-state index in [1.165, 1.54) is 0 Å². The third kappa shape index (κ3) is 7.26. The van der Waals surface area contributed by atoms with Gasteiger partial charge in [-0.25, -0.2) is 0 Å². The molecule has 31 heavy (non-hydrogen) atoms. The molecule has 1 aromatic carbocycles. The fraction of sp³-hybridized carbons (Fsp3) is 0.625. The topological polar surface area (TPSA) is 87.7 Å². The highest BCUT2D eigenvalue weighted by atomic mass is 16.5. The molecule has 0 saturated carbocycles. The van der Waals surface area contributed by atoms with Crippen LogP contribution in [-0.2, 0) is 9.59 Å². The Balaban J connectivity index is 2.11. The number of benzene rings is 1. The molecular weight excluding hydrogens is 394 g/mol. The minimum atomic E-state index is -0.643. The Hall–Kier alpha value is -2.57. The number of ether oxygens (including phenoxy) is 1. The molecule has 3 amide bonds. The predicted octanol–water partition coefficient (Wildman–Crippen LogP) is 2.99. The minimum absolute atomic E-state index is 0.0245. The van der Waals surface area contributed by atoms with Gasteiger partial charge in [-0.2, -0.15) is 0 Å². The van der Waals surface area contributed by atoms with Crippen molar-refractivity contribution in [2.45, 2.75) is 65.5 Å². The van der Waals surface area contributed by atoms with Crippen LogP contribution in [0.2, 0.25) is 0 Å². The lowest BCUT2D eigenvalue weighted by Crippen LogP contribution is -2.55. The van der Waals surface area contributed by atoms with Gasteiger partial charge in [-0.3, -0.25) is 14.4 Å². The largest absolute Gasteiger partial charge is 0.497 e. The highest BCUT2D eigenvalue weighted by molar-refractivity contribution is 5.98. The minimum Gasteiger partial charge on any atom is -0.497 e. The van der Waals surface area contributed by atoms with Crippen molar-refractivity contribution in [1.29, 1.82) is 0 Å². The molecule has 1 fully saturated rings. The van der Waals surface area contributed by atoms with Gasteiger partial charge < -0.3 is 20.3 Å². The van der Waals surface area contributed by atoms with Gasteiger partial charge in [0.25, 0.3) is 5.91 Å². The Bertz CT molecular complexity index is 757. The van der Waals surface area contributed by atoms with E-state index in [0.717, 1.165) is 6.42 Å². The second-order valence-electron chi connectivity index (χ2n) is 8.82. The molecule has 0 aliphatic carbocycles. The lowest BCUT2D eigenvalue weighted by atomic mass is 9.88. The van der Waals surface area contributed by atoms with Crippen LogP contribution in [0.4, 0.5) is 0 Å².